The molecule has 0 aromatic carbocycles. The lowest BCUT2D eigenvalue weighted by Crippen LogP contribution is -2.44. The molecular formula is C16H27N3O2. The number of ether oxygens (including phenoxy) is 2. The molecule has 1 N–H and O–H groups in total. The van der Waals surface area contributed by atoms with Gasteiger partial charge < -0.3 is 14.8 Å². The van der Waals surface area contributed by atoms with Gasteiger partial charge in [0.1, 0.15) is 0 Å². The Morgan fingerprint density at radius 3 is 3.10 bits per heavy atom. The summed E-state index contributed by atoms with van der Waals surface area (Å²) in [6, 6.07) is 2.47. The molecule has 3 atom stereocenters. The van der Waals surface area contributed by atoms with Crippen LogP contribution < -0.4 is 5.32 Å². The van der Waals surface area contributed by atoms with Gasteiger partial charge in [-0.15, -0.1) is 0 Å². The average Bonchev–Trinajstić information content (AvgIpc) is 3.10. The summed E-state index contributed by atoms with van der Waals surface area (Å²) in [5, 5.41) is 8.34. The van der Waals surface area contributed by atoms with Crippen LogP contribution in [0.25, 0.3) is 0 Å². The molecule has 5 nitrogen and oxygen atoms in total. The third-order valence-corrected chi connectivity index (χ3v) is 4.74. The summed E-state index contributed by atoms with van der Waals surface area (Å²) < 4.78 is 13.6. The van der Waals surface area contributed by atoms with Crippen LogP contribution in [0.2, 0.25) is 0 Å². The van der Waals surface area contributed by atoms with Crippen LogP contribution in [0.15, 0.2) is 12.3 Å². The average molecular weight is 293 g/mol. The lowest BCUT2D eigenvalue weighted by Gasteiger charge is -2.40. The van der Waals surface area contributed by atoms with Gasteiger partial charge >= 0.3 is 0 Å². The fraction of sp³-hybridized carbons (Fsp3) is 0.812. The number of aryl methyl sites for hydroxylation is 1. The summed E-state index contributed by atoms with van der Waals surface area (Å²) in [4.78, 5) is 0. The van der Waals surface area contributed by atoms with E-state index in [-0.39, 0.29) is 5.60 Å². The Labute approximate surface area is 127 Å². The van der Waals surface area contributed by atoms with Crippen LogP contribution in [0, 0.1) is 5.92 Å². The number of nitrogens with one attached hydrogen (secondary N) is 1. The Hall–Kier alpha value is -0.910. The minimum absolute atomic E-state index is 0.0379. The molecule has 2 aliphatic heterocycles. The van der Waals surface area contributed by atoms with Crippen molar-refractivity contribution in [2.24, 2.45) is 13.0 Å². The van der Waals surface area contributed by atoms with Gasteiger partial charge in [-0.25, -0.2) is 0 Å². The molecule has 0 radical (unpaired) electrons. The van der Waals surface area contributed by atoms with Crippen molar-refractivity contribution >= 4 is 0 Å². The lowest BCUT2D eigenvalue weighted by molar-refractivity contribution is -0.103. The first-order valence-corrected chi connectivity index (χ1v) is 8.17. The maximum Gasteiger partial charge on any atom is 0.0940 e. The third kappa shape index (κ3) is 3.30. The van der Waals surface area contributed by atoms with Crippen molar-refractivity contribution in [2.45, 2.75) is 44.2 Å². The van der Waals surface area contributed by atoms with Crippen molar-refractivity contribution in [1.82, 2.24) is 15.1 Å². The fourth-order valence-corrected chi connectivity index (χ4v) is 3.62. The van der Waals surface area contributed by atoms with Crippen LogP contribution in [-0.2, 0) is 16.5 Å². The zero-order valence-electron chi connectivity index (χ0n) is 13.2. The number of aromatic nitrogens is 2. The predicted molar refractivity (Wildman–Crippen MR) is 81.1 cm³/mol. The van der Waals surface area contributed by atoms with Gasteiger partial charge in [-0.1, -0.05) is 6.92 Å². The third-order valence-electron chi connectivity index (χ3n) is 4.74. The summed E-state index contributed by atoms with van der Waals surface area (Å²) in [5.41, 5.74) is 1.12. The summed E-state index contributed by atoms with van der Waals surface area (Å²) in [5.74, 6) is 0.571. The highest BCUT2D eigenvalue weighted by molar-refractivity contribution is 5.09. The Kier molecular flexibility index (Phi) is 4.62. The number of hydrogen-bond acceptors (Lipinski definition) is 4. The molecule has 2 fully saturated rings. The molecule has 1 aromatic rings. The van der Waals surface area contributed by atoms with Crippen molar-refractivity contribution in [2.75, 3.05) is 26.4 Å². The summed E-state index contributed by atoms with van der Waals surface area (Å²) in [7, 11) is 1.98. The summed E-state index contributed by atoms with van der Waals surface area (Å²) >= 11 is 0. The Morgan fingerprint density at radius 2 is 2.43 bits per heavy atom. The van der Waals surface area contributed by atoms with E-state index in [1.165, 1.54) is 0 Å². The number of rotatable bonds is 5. The molecule has 2 saturated heterocycles. The number of hydrogen-bond donors (Lipinski definition) is 1. The topological polar surface area (TPSA) is 48.3 Å². The van der Waals surface area contributed by atoms with Crippen molar-refractivity contribution < 1.29 is 9.47 Å². The molecule has 1 aromatic heterocycles. The zero-order valence-corrected chi connectivity index (χ0v) is 13.2. The van der Waals surface area contributed by atoms with E-state index in [1.807, 2.05) is 17.9 Å². The maximum absolute atomic E-state index is 6.07. The Balaban J connectivity index is 1.75. The second kappa shape index (κ2) is 6.46. The largest absolute Gasteiger partial charge is 0.378 e. The molecule has 3 heterocycles. The highest BCUT2D eigenvalue weighted by Gasteiger charge is 2.43. The van der Waals surface area contributed by atoms with Gasteiger partial charge in [-0.2, -0.15) is 5.10 Å². The van der Waals surface area contributed by atoms with Gasteiger partial charge in [0.15, 0.2) is 0 Å². The number of nitrogens with zero attached hydrogens (tertiary/aromatic N) is 2. The SMILES string of the molecule is CCCNC(c1ccn(C)n1)C1CCOC2(CCOC2)C1. The maximum atomic E-state index is 6.07. The minimum atomic E-state index is -0.0379. The first-order chi connectivity index (χ1) is 10.2. The van der Waals surface area contributed by atoms with Gasteiger partial charge in [0.25, 0.3) is 0 Å². The van der Waals surface area contributed by atoms with Crippen LogP contribution in [0.5, 0.6) is 0 Å². The predicted octanol–water partition coefficient (Wildman–Crippen LogP) is 2.05. The van der Waals surface area contributed by atoms with Crippen LogP contribution >= 0.6 is 0 Å². The molecule has 0 amide bonds. The molecule has 0 bridgehead atoms. The molecule has 1 spiro atoms. The van der Waals surface area contributed by atoms with E-state index in [0.29, 0.717) is 12.0 Å². The van der Waals surface area contributed by atoms with Gasteiger partial charge in [0, 0.05) is 32.9 Å². The quantitative estimate of drug-likeness (QED) is 0.902. The monoisotopic (exact) mass is 293 g/mol. The van der Waals surface area contributed by atoms with Crippen molar-refractivity contribution in [3.8, 4) is 0 Å². The fourth-order valence-electron chi connectivity index (χ4n) is 3.62. The van der Waals surface area contributed by atoms with E-state index < -0.39 is 0 Å². The molecule has 21 heavy (non-hydrogen) atoms. The van der Waals surface area contributed by atoms with E-state index in [0.717, 1.165) is 57.7 Å². The van der Waals surface area contributed by atoms with E-state index in [1.54, 1.807) is 0 Å². The first-order valence-electron chi connectivity index (χ1n) is 8.17. The highest BCUT2D eigenvalue weighted by atomic mass is 16.6. The van der Waals surface area contributed by atoms with Crippen molar-refractivity contribution in [3.05, 3.63) is 18.0 Å². The smallest absolute Gasteiger partial charge is 0.0940 e. The van der Waals surface area contributed by atoms with Crippen LogP contribution in [0.4, 0.5) is 0 Å². The van der Waals surface area contributed by atoms with Crippen LogP contribution in [0.3, 0.4) is 0 Å². The van der Waals surface area contributed by atoms with E-state index in [2.05, 4.69) is 23.4 Å². The first kappa shape index (κ1) is 15.0. The summed E-state index contributed by atoms with van der Waals surface area (Å²) in [6.07, 6.45) is 6.38. The molecule has 3 rings (SSSR count). The van der Waals surface area contributed by atoms with Crippen LogP contribution in [-0.4, -0.2) is 41.7 Å². The van der Waals surface area contributed by atoms with Crippen LogP contribution in [0.1, 0.15) is 44.3 Å². The normalized spacial score (nSPS) is 30.9. The standard InChI is InChI=1S/C16H27N3O2/c1-3-7-17-15(14-4-8-19(2)18-14)13-5-9-21-16(11-13)6-10-20-12-16/h4,8,13,15,17H,3,5-7,9-12H2,1-2H3. The molecule has 118 valence electrons. The van der Waals surface area contributed by atoms with E-state index in [9.17, 15) is 0 Å². The van der Waals surface area contributed by atoms with Crippen molar-refractivity contribution in [3.63, 3.8) is 0 Å². The van der Waals surface area contributed by atoms with Gasteiger partial charge in [0.2, 0.25) is 0 Å². The second-order valence-corrected chi connectivity index (χ2v) is 6.43. The molecule has 0 aliphatic carbocycles. The molecular weight excluding hydrogens is 266 g/mol. The molecule has 3 unspecified atom stereocenters. The Bertz CT molecular complexity index is 454. The van der Waals surface area contributed by atoms with E-state index >= 15 is 0 Å². The molecule has 5 heteroatoms. The van der Waals surface area contributed by atoms with Crippen molar-refractivity contribution in [1.29, 1.82) is 0 Å². The summed E-state index contributed by atoms with van der Waals surface area (Å²) in [6.45, 7) is 5.67. The Morgan fingerprint density at radius 1 is 1.52 bits per heavy atom. The zero-order chi connectivity index (χ0) is 14.7. The van der Waals surface area contributed by atoms with Gasteiger partial charge in [0.05, 0.1) is 23.9 Å². The second-order valence-electron chi connectivity index (χ2n) is 6.43. The highest BCUT2D eigenvalue weighted by Crippen LogP contribution is 2.40. The minimum Gasteiger partial charge on any atom is -0.378 e. The molecule has 0 saturated carbocycles. The molecule has 2 aliphatic rings. The van der Waals surface area contributed by atoms with Gasteiger partial charge in [-0.3, -0.25) is 4.68 Å². The lowest BCUT2D eigenvalue weighted by atomic mass is 9.80. The van der Waals surface area contributed by atoms with Gasteiger partial charge in [-0.05, 0) is 37.8 Å². The van der Waals surface area contributed by atoms with E-state index in [4.69, 9.17) is 9.47 Å².